The van der Waals surface area contributed by atoms with Crippen molar-refractivity contribution in [1.82, 2.24) is 0 Å². The second kappa shape index (κ2) is 10.1. The summed E-state index contributed by atoms with van der Waals surface area (Å²) in [4.78, 5) is 24.0. The Morgan fingerprint density at radius 1 is 1.03 bits per heavy atom. The molecule has 30 heavy (non-hydrogen) atoms. The summed E-state index contributed by atoms with van der Waals surface area (Å²) in [5.74, 6) is 1.86. The maximum absolute atomic E-state index is 13.1. The van der Waals surface area contributed by atoms with E-state index < -0.39 is 0 Å². The monoisotopic (exact) mass is 448 g/mol. The zero-order chi connectivity index (χ0) is 21.7. The molecule has 0 aliphatic heterocycles. The molecule has 0 aliphatic rings. The Balaban J connectivity index is 1.94. The summed E-state index contributed by atoms with van der Waals surface area (Å²) in [7, 11) is 3.20. The lowest BCUT2D eigenvalue weighted by atomic mass is 10.1. The molecule has 5 nitrogen and oxygen atoms in total. The van der Waals surface area contributed by atoms with E-state index in [-0.39, 0.29) is 16.8 Å². The normalized spacial score (nSPS) is 12.1. The van der Waals surface area contributed by atoms with Gasteiger partial charge < -0.3 is 14.2 Å². The standard InChI is InChI=1S/C23H25ClO5S/c1-4-14(7-5-6-8-22(24)25)29-19-12-17-21(13-18(19)28-3)30-20-11-15(27-2)9-10-16(20)23(17)26/h9-14H,4-8H2,1-3H3. The third kappa shape index (κ3) is 5.05. The van der Waals surface area contributed by atoms with E-state index in [1.165, 1.54) is 11.3 Å². The van der Waals surface area contributed by atoms with Gasteiger partial charge in [0.1, 0.15) is 5.75 Å². The third-order valence-electron chi connectivity index (χ3n) is 5.06. The Morgan fingerprint density at radius 2 is 1.80 bits per heavy atom. The highest BCUT2D eigenvalue weighted by Gasteiger charge is 2.16. The number of hydrogen-bond acceptors (Lipinski definition) is 6. The molecule has 0 bridgehead atoms. The molecule has 3 aromatic rings. The van der Waals surface area contributed by atoms with Crippen LogP contribution in [0, 0.1) is 0 Å². The second-order valence-corrected chi connectivity index (χ2v) is 8.55. The first-order chi connectivity index (χ1) is 14.5. The Kier molecular flexibility index (Phi) is 7.56. The van der Waals surface area contributed by atoms with Crippen molar-refractivity contribution in [3.8, 4) is 17.2 Å². The van der Waals surface area contributed by atoms with Crippen molar-refractivity contribution in [3.63, 3.8) is 0 Å². The van der Waals surface area contributed by atoms with Gasteiger partial charge in [-0.3, -0.25) is 9.59 Å². The van der Waals surface area contributed by atoms with E-state index in [4.69, 9.17) is 25.8 Å². The van der Waals surface area contributed by atoms with Crippen LogP contribution in [-0.2, 0) is 4.79 Å². The lowest BCUT2D eigenvalue weighted by molar-refractivity contribution is -0.111. The van der Waals surface area contributed by atoms with Crippen molar-refractivity contribution in [2.75, 3.05) is 14.2 Å². The Hall–Kier alpha value is -2.31. The lowest BCUT2D eigenvalue weighted by Gasteiger charge is -2.20. The minimum absolute atomic E-state index is 0.0368. The average molecular weight is 449 g/mol. The predicted molar refractivity (Wildman–Crippen MR) is 123 cm³/mol. The number of fused-ring (bicyclic) bond motifs is 2. The number of ether oxygens (including phenoxy) is 3. The summed E-state index contributed by atoms with van der Waals surface area (Å²) >= 11 is 6.92. The summed E-state index contributed by atoms with van der Waals surface area (Å²) in [6.45, 7) is 2.05. The SMILES string of the molecule is CCC(CCCCC(=O)Cl)Oc1cc2c(=O)c3ccc(OC)cc3sc2cc1OC. The zero-order valence-corrected chi connectivity index (χ0v) is 18.9. The zero-order valence-electron chi connectivity index (χ0n) is 17.3. The van der Waals surface area contributed by atoms with Crippen LogP contribution in [0.3, 0.4) is 0 Å². The molecule has 3 rings (SSSR count). The summed E-state index contributed by atoms with van der Waals surface area (Å²) in [5.41, 5.74) is -0.0393. The Morgan fingerprint density at radius 3 is 2.47 bits per heavy atom. The number of methoxy groups -OCH3 is 2. The molecule has 1 atom stereocenters. The van der Waals surface area contributed by atoms with Gasteiger partial charge in [0.15, 0.2) is 16.9 Å². The molecular weight excluding hydrogens is 424 g/mol. The molecule has 0 fully saturated rings. The van der Waals surface area contributed by atoms with Gasteiger partial charge in [-0.05, 0) is 61.5 Å². The summed E-state index contributed by atoms with van der Waals surface area (Å²) < 4.78 is 18.7. The van der Waals surface area contributed by atoms with Crippen LogP contribution in [0.15, 0.2) is 35.1 Å². The topological polar surface area (TPSA) is 61.8 Å². The Labute approximate surface area is 184 Å². The van der Waals surface area contributed by atoms with Crippen molar-refractivity contribution in [1.29, 1.82) is 0 Å². The molecule has 0 saturated heterocycles. The lowest BCUT2D eigenvalue weighted by Crippen LogP contribution is -2.16. The first-order valence-electron chi connectivity index (χ1n) is 9.94. The third-order valence-corrected chi connectivity index (χ3v) is 6.37. The van der Waals surface area contributed by atoms with Crippen molar-refractivity contribution in [3.05, 3.63) is 40.6 Å². The van der Waals surface area contributed by atoms with Crippen LogP contribution < -0.4 is 19.6 Å². The van der Waals surface area contributed by atoms with E-state index in [1.807, 2.05) is 19.1 Å². The van der Waals surface area contributed by atoms with Gasteiger partial charge in [0.2, 0.25) is 5.24 Å². The molecule has 7 heteroatoms. The second-order valence-electron chi connectivity index (χ2n) is 7.04. The van der Waals surface area contributed by atoms with Crippen LogP contribution in [0.2, 0.25) is 0 Å². The molecule has 0 radical (unpaired) electrons. The van der Waals surface area contributed by atoms with E-state index in [2.05, 4.69) is 0 Å². The molecule has 0 saturated carbocycles. The predicted octanol–water partition coefficient (Wildman–Crippen LogP) is 5.92. The van der Waals surface area contributed by atoms with E-state index in [9.17, 15) is 9.59 Å². The molecule has 2 aromatic carbocycles. The van der Waals surface area contributed by atoms with Crippen molar-refractivity contribution in [2.45, 2.75) is 45.1 Å². The summed E-state index contributed by atoms with van der Waals surface area (Å²) in [6.07, 6.45) is 3.51. The largest absolute Gasteiger partial charge is 0.497 e. The van der Waals surface area contributed by atoms with Gasteiger partial charge in [0.25, 0.3) is 0 Å². The molecule has 1 unspecified atom stereocenters. The van der Waals surface area contributed by atoms with Crippen LogP contribution in [0.25, 0.3) is 20.2 Å². The van der Waals surface area contributed by atoms with Gasteiger partial charge in [-0.25, -0.2) is 0 Å². The first-order valence-corrected chi connectivity index (χ1v) is 11.1. The van der Waals surface area contributed by atoms with Crippen LogP contribution in [-0.4, -0.2) is 25.6 Å². The van der Waals surface area contributed by atoms with Crippen LogP contribution in [0.4, 0.5) is 0 Å². The van der Waals surface area contributed by atoms with Crippen LogP contribution in [0.1, 0.15) is 39.0 Å². The highest BCUT2D eigenvalue weighted by atomic mass is 35.5. The van der Waals surface area contributed by atoms with E-state index in [0.717, 1.165) is 35.1 Å². The average Bonchev–Trinajstić information content (AvgIpc) is 2.75. The number of benzene rings is 2. The van der Waals surface area contributed by atoms with Gasteiger partial charge in [-0.1, -0.05) is 6.92 Å². The smallest absolute Gasteiger partial charge is 0.221 e. The molecule has 0 aliphatic carbocycles. The van der Waals surface area contributed by atoms with Gasteiger partial charge in [0.05, 0.1) is 20.3 Å². The number of carbonyl (C=O) groups excluding carboxylic acids is 1. The molecule has 160 valence electrons. The van der Waals surface area contributed by atoms with Gasteiger partial charge in [-0.2, -0.15) is 0 Å². The van der Waals surface area contributed by atoms with Crippen molar-refractivity contribution >= 4 is 48.4 Å². The maximum Gasteiger partial charge on any atom is 0.221 e. The van der Waals surface area contributed by atoms with E-state index in [1.54, 1.807) is 32.4 Å². The van der Waals surface area contributed by atoms with E-state index >= 15 is 0 Å². The quantitative estimate of drug-likeness (QED) is 0.219. The van der Waals surface area contributed by atoms with Crippen LogP contribution >= 0.6 is 22.9 Å². The molecular formula is C23H25ClO5S. The summed E-state index contributed by atoms with van der Waals surface area (Å²) in [5, 5.41) is 0.951. The highest BCUT2D eigenvalue weighted by Crippen LogP contribution is 2.36. The number of rotatable bonds is 10. The number of unbranched alkanes of at least 4 members (excludes halogenated alkanes) is 1. The number of carbonyl (C=O) groups is 1. The van der Waals surface area contributed by atoms with Crippen molar-refractivity contribution < 1.29 is 19.0 Å². The van der Waals surface area contributed by atoms with Crippen molar-refractivity contribution in [2.24, 2.45) is 0 Å². The fourth-order valence-electron chi connectivity index (χ4n) is 3.38. The minimum Gasteiger partial charge on any atom is -0.497 e. The highest BCUT2D eigenvalue weighted by molar-refractivity contribution is 7.24. The molecule has 0 N–H and O–H groups in total. The van der Waals surface area contributed by atoms with Crippen LogP contribution in [0.5, 0.6) is 17.2 Å². The first kappa shape index (κ1) is 22.4. The number of hydrogen-bond donors (Lipinski definition) is 0. The molecule has 1 aromatic heterocycles. The maximum atomic E-state index is 13.1. The van der Waals surface area contributed by atoms with Gasteiger partial charge in [-0.15, -0.1) is 11.3 Å². The van der Waals surface area contributed by atoms with Gasteiger partial charge in [0, 0.05) is 32.7 Å². The van der Waals surface area contributed by atoms with E-state index in [0.29, 0.717) is 34.4 Å². The molecule has 1 heterocycles. The van der Waals surface area contributed by atoms with Gasteiger partial charge >= 0.3 is 0 Å². The fourth-order valence-corrected chi connectivity index (χ4v) is 4.63. The summed E-state index contributed by atoms with van der Waals surface area (Å²) in [6, 6.07) is 9.10. The number of halogens is 1. The minimum atomic E-state index is -0.311. The fraction of sp³-hybridized carbons (Fsp3) is 0.391. The molecule has 0 amide bonds. The Bertz CT molecular complexity index is 1110. The molecule has 0 spiro atoms.